The maximum atomic E-state index is 4.57. The van der Waals surface area contributed by atoms with E-state index in [1.165, 1.54) is 19.3 Å². The van der Waals surface area contributed by atoms with E-state index in [2.05, 4.69) is 48.1 Å². The molecule has 0 spiro atoms. The van der Waals surface area contributed by atoms with Gasteiger partial charge in [0, 0.05) is 19.3 Å². The Labute approximate surface area is 99.2 Å². The molecule has 1 aromatic heterocycles. The SMILES string of the molecule is CCCNCc1ccn(CC(CC)CC)n1. The third-order valence-corrected chi connectivity index (χ3v) is 3.03. The lowest BCUT2D eigenvalue weighted by Gasteiger charge is -2.11. The monoisotopic (exact) mass is 223 g/mol. The number of rotatable bonds is 8. The van der Waals surface area contributed by atoms with Crippen molar-refractivity contribution in [2.45, 2.75) is 53.1 Å². The van der Waals surface area contributed by atoms with Crippen LogP contribution < -0.4 is 5.32 Å². The van der Waals surface area contributed by atoms with Gasteiger partial charge in [-0.1, -0.05) is 33.6 Å². The molecule has 0 atom stereocenters. The predicted octanol–water partition coefficient (Wildman–Crippen LogP) is 2.82. The van der Waals surface area contributed by atoms with Gasteiger partial charge in [-0.2, -0.15) is 5.10 Å². The lowest BCUT2D eigenvalue weighted by molar-refractivity contribution is 0.394. The molecule has 0 radical (unpaired) electrons. The zero-order valence-electron chi connectivity index (χ0n) is 10.9. The van der Waals surface area contributed by atoms with Crippen LogP contribution in [0.25, 0.3) is 0 Å². The summed E-state index contributed by atoms with van der Waals surface area (Å²) in [7, 11) is 0. The summed E-state index contributed by atoms with van der Waals surface area (Å²) >= 11 is 0. The van der Waals surface area contributed by atoms with Crippen molar-refractivity contribution in [2.75, 3.05) is 6.54 Å². The molecule has 0 unspecified atom stereocenters. The van der Waals surface area contributed by atoms with Gasteiger partial charge >= 0.3 is 0 Å². The van der Waals surface area contributed by atoms with Crippen LogP contribution >= 0.6 is 0 Å². The first-order valence-electron chi connectivity index (χ1n) is 6.53. The van der Waals surface area contributed by atoms with Crippen molar-refractivity contribution in [1.82, 2.24) is 15.1 Å². The lowest BCUT2D eigenvalue weighted by atomic mass is 10.0. The highest BCUT2D eigenvalue weighted by atomic mass is 15.3. The molecule has 0 aliphatic heterocycles. The molecule has 16 heavy (non-hydrogen) atoms. The lowest BCUT2D eigenvalue weighted by Crippen LogP contribution is -2.15. The molecule has 1 heterocycles. The Morgan fingerprint density at radius 2 is 2.06 bits per heavy atom. The van der Waals surface area contributed by atoms with Gasteiger partial charge in [-0.25, -0.2) is 0 Å². The molecule has 3 heteroatoms. The van der Waals surface area contributed by atoms with Crippen LogP contribution in [0.4, 0.5) is 0 Å². The van der Waals surface area contributed by atoms with Gasteiger partial charge in [-0.05, 0) is 24.9 Å². The highest BCUT2D eigenvalue weighted by molar-refractivity contribution is 4.98. The molecule has 0 aromatic carbocycles. The smallest absolute Gasteiger partial charge is 0.0762 e. The first-order chi connectivity index (χ1) is 7.80. The van der Waals surface area contributed by atoms with Crippen molar-refractivity contribution in [3.8, 4) is 0 Å². The van der Waals surface area contributed by atoms with E-state index in [0.29, 0.717) is 0 Å². The Kier molecular flexibility index (Phi) is 6.16. The second-order valence-electron chi connectivity index (χ2n) is 4.39. The van der Waals surface area contributed by atoms with E-state index in [1.54, 1.807) is 0 Å². The standard InChI is InChI=1S/C13H25N3/c1-4-8-14-10-13-7-9-16(15-13)11-12(5-2)6-3/h7,9,12,14H,4-6,8,10-11H2,1-3H3. The highest BCUT2D eigenvalue weighted by Gasteiger charge is 2.05. The minimum atomic E-state index is 0.761. The van der Waals surface area contributed by atoms with Crippen LogP contribution in [0, 0.1) is 5.92 Å². The molecular formula is C13H25N3. The van der Waals surface area contributed by atoms with E-state index in [9.17, 15) is 0 Å². The summed E-state index contributed by atoms with van der Waals surface area (Å²) in [5.41, 5.74) is 1.15. The van der Waals surface area contributed by atoms with Gasteiger partial charge in [0.25, 0.3) is 0 Å². The zero-order valence-corrected chi connectivity index (χ0v) is 10.9. The molecule has 0 saturated heterocycles. The summed E-state index contributed by atoms with van der Waals surface area (Å²) in [4.78, 5) is 0. The van der Waals surface area contributed by atoms with Gasteiger partial charge in [0.05, 0.1) is 5.69 Å². The second kappa shape index (κ2) is 7.44. The Hall–Kier alpha value is -0.830. The van der Waals surface area contributed by atoms with Crippen LogP contribution in [0.1, 0.15) is 45.7 Å². The van der Waals surface area contributed by atoms with Crippen molar-refractivity contribution in [3.63, 3.8) is 0 Å². The summed E-state index contributed by atoms with van der Waals surface area (Å²) in [6.45, 7) is 9.70. The van der Waals surface area contributed by atoms with Gasteiger partial charge in [0.1, 0.15) is 0 Å². The molecule has 0 bridgehead atoms. The average molecular weight is 223 g/mol. The molecule has 3 nitrogen and oxygen atoms in total. The van der Waals surface area contributed by atoms with Gasteiger partial charge < -0.3 is 5.32 Å². The third kappa shape index (κ3) is 4.35. The van der Waals surface area contributed by atoms with Gasteiger partial charge in [0.2, 0.25) is 0 Å². The van der Waals surface area contributed by atoms with Gasteiger partial charge in [0.15, 0.2) is 0 Å². The fraction of sp³-hybridized carbons (Fsp3) is 0.769. The number of hydrogen-bond donors (Lipinski definition) is 1. The van der Waals surface area contributed by atoms with E-state index in [4.69, 9.17) is 0 Å². The summed E-state index contributed by atoms with van der Waals surface area (Å²) in [5.74, 6) is 0.761. The largest absolute Gasteiger partial charge is 0.311 e. The Morgan fingerprint density at radius 3 is 2.69 bits per heavy atom. The molecule has 0 amide bonds. The number of nitrogens with zero attached hydrogens (tertiary/aromatic N) is 2. The topological polar surface area (TPSA) is 29.9 Å². The van der Waals surface area contributed by atoms with Crippen molar-refractivity contribution in [1.29, 1.82) is 0 Å². The maximum absolute atomic E-state index is 4.57. The Bertz CT molecular complexity index is 276. The van der Waals surface area contributed by atoms with Crippen LogP contribution in [0.5, 0.6) is 0 Å². The van der Waals surface area contributed by atoms with Crippen LogP contribution in [0.2, 0.25) is 0 Å². The quantitative estimate of drug-likeness (QED) is 0.687. The molecule has 0 fully saturated rings. The van der Waals surface area contributed by atoms with Crippen molar-refractivity contribution >= 4 is 0 Å². The van der Waals surface area contributed by atoms with Crippen molar-refractivity contribution in [3.05, 3.63) is 18.0 Å². The fourth-order valence-corrected chi connectivity index (χ4v) is 1.80. The number of hydrogen-bond acceptors (Lipinski definition) is 2. The summed E-state index contributed by atoms with van der Waals surface area (Å²) in [6.07, 6.45) is 5.75. The van der Waals surface area contributed by atoms with E-state index in [0.717, 1.165) is 31.2 Å². The zero-order chi connectivity index (χ0) is 11.8. The molecular weight excluding hydrogens is 198 g/mol. The summed E-state index contributed by atoms with van der Waals surface area (Å²) < 4.78 is 2.08. The van der Waals surface area contributed by atoms with Gasteiger partial charge in [-0.3, -0.25) is 4.68 Å². The molecule has 1 N–H and O–H groups in total. The number of nitrogens with one attached hydrogen (secondary N) is 1. The summed E-state index contributed by atoms with van der Waals surface area (Å²) in [5, 5.41) is 7.94. The van der Waals surface area contributed by atoms with Crippen molar-refractivity contribution < 1.29 is 0 Å². The fourth-order valence-electron chi connectivity index (χ4n) is 1.80. The highest BCUT2D eigenvalue weighted by Crippen LogP contribution is 2.10. The third-order valence-electron chi connectivity index (χ3n) is 3.03. The van der Waals surface area contributed by atoms with E-state index in [-0.39, 0.29) is 0 Å². The van der Waals surface area contributed by atoms with Crippen LogP contribution in [0.3, 0.4) is 0 Å². The average Bonchev–Trinajstić information content (AvgIpc) is 2.74. The maximum Gasteiger partial charge on any atom is 0.0762 e. The van der Waals surface area contributed by atoms with Crippen molar-refractivity contribution in [2.24, 2.45) is 5.92 Å². The first kappa shape index (κ1) is 13.2. The Balaban J connectivity index is 2.38. The molecule has 1 aromatic rings. The van der Waals surface area contributed by atoms with E-state index >= 15 is 0 Å². The van der Waals surface area contributed by atoms with Gasteiger partial charge in [-0.15, -0.1) is 0 Å². The van der Waals surface area contributed by atoms with E-state index < -0.39 is 0 Å². The normalized spacial score (nSPS) is 11.2. The minimum Gasteiger partial charge on any atom is -0.311 e. The minimum absolute atomic E-state index is 0.761. The molecule has 0 aliphatic carbocycles. The molecule has 0 aliphatic rings. The number of aromatic nitrogens is 2. The van der Waals surface area contributed by atoms with E-state index in [1.807, 2.05) is 0 Å². The van der Waals surface area contributed by atoms with Crippen LogP contribution in [0.15, 0.2) is 12.3 Å². The Morgan fingerprint density at radius 1 is 1.31 bits per heavy atom. The van der Waals surface area contributed by atoms with Crippen LogP contribution in [-0.2, 0) is 13.1 Å². The molecule has 1 rings (SSSR count). The van der Waals surface area contributed by atoms with Crippen LogP contribution in [-0.4, -0.2) is 16.3 Å². The first-order valence-corrected chi connectivity index (χ1v) is 6.53. The predicted molar refractivity (Wildman–Crippen MR) is 68.3 cm³/mol. The molecule has 0 saturated carbocycles. The second-order valence-corrected chi connectivity index (χ2v) is 4.39. The summed E-state index contributed by atoms with van der Waals surface area (Å²) in [6, 6.07) is 2.12. The molecule has 92 valence electrons.